The molecule has 0 aliphatic heterocycles. The van der Waals surface area contributed by atoms with Crippen molar-refractivity contribution in [2.75, 3.05) is 0 Å². The average molecular weight is 553 g/mol. The minimum atomic E-state index is -0.797. The second-order valence-corrected chi connectivity index (χ2v) is 11.8. The Hall–Kier alpha value is 2.53. The summed E-state index contributed by atoms with van der Waals surface area (Å²) in [5, 5.41) is 8.23. The summed E-state index contributed by atoms with van der Waals surface area (Å²) in [6, 6.07) is 0. The van der Waals surface area contributed by atoms with Gasteiger partial charge in [0, 0.05) is 25.8 Å². The van der Waals surface area contributed by atoms with Gasteiger partial charge in [-0.25, -0.2) is 4.79 Å². The third kappa shape index (κ3) is 6.65. The van der Waals surface area contributed by atoms with Crippen LogP contribution in [0.2, 0.25) is 0 Å². The first kappa shape index (κ1) is 13.1. The third-order valence-electron chi connectivity index (χ3n) is 0.243. The van der Waals surface area contributed by atoms with E-state index in [0.29, 0.717) is 0 Å². The Labute approximate surface area is 107 Å². The van der Waals surface area contributed by atoms with Crippen LogP contribution in [0.3, 0.4) is 0 Å². The van der Waals surface area contributed by atoms with Gasteiger partial charge in [-0.05, 0) is 67.8 Å². The summed E-state index contributed by atoms with van der Waals surface area (Å²) >= 11 is 5.52. The van der Waals surface area contributed by atoms with E-state index in [1.807, 2.05) is 67.8 Å². The molecule has 0 saturated heterocycles. The van der Waals surface area contributed by atoms with Gasteiger partial charge in [0.05, 0.1) is 0 Å². The van der Waals surface area contributed by atoms with Gasteiger partial charge in [0.25, 0.3) is 0 Å². The molecule has 0 heterocycles. The van der Waals surface area contributed by atoms with Gasteiger partial charge >= 0.3 is 5.97 Å². The SMILES string of the molecule is O=C(O)C(I)(I)I.[In]. The number of carbonyl (C=O) groups is 1. The topological polar surface area (TPSA) is 37.3 Å². The summed E-state index contributed by atoms with van der Waals surface area (Å²) in [5.74, 6) is -0.797. The molecule has 0 aromatic heterocycles. The van der Waals surface area contributed by atoms with Crippen LogP contribution in [0.4, 0.5) is 0 Å². The molecule has 0 rings (SSSR count). The van der Waals surface area contributed by atoms with Crippen molar-refractivity contribution in [1.29, 1.82) is 0 Å². The molecule has 0 aliphatic carbocycles. The zero-order chi connectivity index (χ0) is 6.08. The van der Waals surface area contributed by atoms with Crippen LogP contribution in [0.15, 0.2) is 0 Å². The van der Waals surface area contributed by atoms with Crippen molar-refractivity contribution in [3.63, 3.8) is 0 Å². The van der Waals surface area contributed by atoms with Crippen LogP contribution in [0.1, 0.15) is 0 Å². The number of carboxylic acid groups (broad SMARTS) is 1. The van der Waals surface area contributed by atoms with Gasteiger partial charge in [0.2, 0.25) is -0.565 Å². The molecule has 0 spiro atoms. The van der Waals surface area contributed by atoms with Crippen molar-refractivity contribution in [1.82, 2.24) is 0 Å². The molecule has 0 amide bonds. The fourth-order valence-corrected chi connectivity index (χ4v) is 0. The molecule has 8 heavy (non-hydrogen) atoms. The van der Waals surface area contributed by atoms with E-state index in [-0.39, 0.29) is 25.8 Å². The Bertz CT molecular complexity index is 87.8. The molecule has 2 nitrogen and oxygen atoms in total. The number of halogens is 3. The predicted molar refractivity (Wildman–Crippen MR) is 58.2 cm³/mol. The summed E-state index contributed by atoms with van der Waals surface area (Å²) < 4.78 is -0.673. The van der Waals surface area contributed by atoms with Crippen LogP contribution >= 0.6 is 67.8 Å². The third-order valence-corrected chi connectivity index (χ3v) is 1.63. The Morgan fingerprint density at radius 1 is 1.38 bits per heavy atom. The quantitative estimate of drug-likeness (QED) is 0.397. The van der Waals surface area contributed by atoms with Crippen molar-refractivity contribution < 1.29 is 9.90 Å². The van der Waals surface area contributed by atoms with Gasteiger partial charge in [-0.2, -0.15) is 0 Å². The van der Waals surface area contributed by atoms with Crippen LogP contribution in [0, 0.1) is 0 Å². The Kier molecular flexibility index (Phi) is 8.57. The molecule has 0 bridgehead atoms. The molecule has 0 atom stereocenters. The summed E-state index contributed by atoms with van der Waals surface area (Å²) in [7, 11) is 0. The summed E-state index contributed by atoms with van der Waals surface area (Å²) in [5.41, 5.74) is 0. The minimum Gasteiger partial charge on any atom is -0.479 e. The zero-order valence-corrected chi connectivity index (χ0v) is 13.3. The monoisotopic (exact) mass is 553 g/mol. The number of aliphatic carboxylic acids is 1. The van der Waals surface area contributed by atoms with E-state index in [0.717, 1.165) is 0 Å². The zero-order valence-electron chi connectivity index (χ0n) is 3.57. The number of hydrogen-bond donors (Lipinski definition) is 1. The first-order valence-corrected chi connectivity index (χ1v) is 4.48. The van der Waals surface area contributed by atoms with Crippen molar-refractivity contribution in [3.8, 4) is 0 Å². The summed E-state index contributed by atoms with van der Waals surface area (Å²) in [6.45, 7) is 0. The summed E-state index contributed by atoms with van der Waals surface area (Å²) in [6.07, 6.45) is 0. The maximum Gasteiger partial charge on any atom is 0.339 e. The van der Waals surface area contributed by atoms with Crippen molar-refractivity contribution >= 4 is 99.6 Å². The number of carboxylic acids is 1. The first-order chi connectivity index (χ1) is 2.94. The molecule has 0 aromatic rings. The molecule has 6 heteroatoms. The number of hydrogen-bond acceptors (Lipinski definition) is 1. The second kappa shape index (κ2) is 5.22. The first-order valence-electron chi connectivity index (χ1n) is 1.24. The van der Waals surface area contributed by atoms with Gasteiger partial charge in [0.1, 0.15) is 0 Å². The van der Waals surface area contributed by atoms with E-state index in [4.69, 9.17) is 5.11 Å². The van der Waals surface area contributed by atoms with Gasteiger partial charge in [-0.1, -0.05) is 0 Å². The van der Waals surface area contributed by atoms with Crippen LogP contribution in [-0.2, 0) is 4.79 Å². The fraction of sp³-hybridized carbons (Fsp3) is 0.500. The van der Waals surface area contributed by atoms with Crippen LogP contribution in [0.25, 0.3) is 0 Å². The number of rotatable bonds is 1. The molecule has 0 unspecified atom stereocenters. The Morgan fingerprint density at radius 2 is 1.50 bits per heavy atom. The standard InChI is InChI=1S/C2HI3O2.In/c3-2(4,5)1(6)7;/h(H,6,7);. The molecule has 0 aliphatic rings. The molecular weight excluding hydrogens is 552 g/mol. The van der Waals surface area contributed by atoms with Gasteiger partial charge < -0.3 is 5.11 Å². The average Bonchev–Trinajstić information content (AvgIpc) is 1.31. The molecular formula is C2HI3InO2. The molecule has 1 N–H and O–H groups in total. The largest absolute Gasteiger partial charge is 0.479 e. The summed E-state index contributed by atoms with van der Waals surface area (Å²) in [4.78, 5) is 10.00. The van der Waals surface area contributed by atoms with E-state index >= 15 is 0 Å². The molecule has 0 aromatic carbocycles. The van der Waals surface area contributed by atoms with Crippen molar-refractivity contribution in [2.24, 2.45) is 0 Å². The second-order valence-electron chi connectivity index (χ2n) is 0.803. The van der Waals surface area contributed by atoms with Crippen LogP contribution < -0.4 is 0 Å². The Balaban J connectivity index is 0. The maximum absolute atomic E-state index is 10.00. The van der Waals surface area contributed by atoms with Gasteiger partial charge in [0.15, 0.2) is 0 Å². The molecule has 0 fully saturated rings. The van der Waals surface area contributed by atoms with E-state index in [9.17, 15) is 4.79 Å². The predicted octanol–water partition coefficient (Wildman–Crippen LogP) is 1.65. The normalized spacial score (nSPS) is 9.88. The van der Waals surface area contributed by atoms with E-state index in [1.165, 1.54) is 0 Å². The smallest absolute Gasteiger partial charge is 0.339 e. The Morgan fingerprint density at radius 3 is 1.50 bits per heavy atom. The molecule has 45 valence electrons. The van der Waals surface area contributed by atoms with E-state index in [1.54, 1.807) is 0 Å². The van der Waals surface area contributed by atoms with Gasteiger partial charge in [-0.3, -0.25) is 0 Å². The van der Waals surface area contributed by atoms with Gasteiger partial charge in [-0.15, -0.1) is 0 Å². The van der Waals surface area contributed by atoms with Crippen molar-refractivity contribution in [3.05, 3.63) is 0 Å². The van der Waals surface area contributed by atoms with Crippen molar-refractivity contribution in [2.45, 2.75) is -0.565 Å². The fourth-order valence-electron chi connectivity index (χ4n) is 0. The molecule has 3 radical (unpaired) electrons. The minimum absolute atomic E-state index is 0. The van der Waals surface area contributed by atoms with E-state index in [2.05, 4.69) is 0 Å². The van der Waals surface area contributed by atoms with E-state index < -0.39 is 5.40 Å². The maximum atomic E-state index is 10.00. The molecule has 0 saturated carbocycles. The van der Waals surface area contributed by atoms with Crippen LogP contribution in [0.5, 0.6) is 0 Å². The number of alkyl halides is 3. The van der Waals surface area contributed by atoms with Crippen LogP contribution in [-0.4, -0.2) is 36.4 Å².